The van der Waals surface area contributed by atoms with Crippen LogP contribution in [0.15, 0.2) is 24.3 Å². The lowest BCUT2D eigenvalue weighted by Gasteiger charge is -2.32. The molecule has 1 saturated heterocycles. The zero-order chi connectivity index (χ0) is 15.2. The van der Waals surface area contributed by atoms with Crippen LogP contribution in [0.4, 0.5) is 0 Å². The van der Waals surface area contributed by atoms with Gasteiger partial charge < -0.3 is 10.2 Å². The van der Waals surface area contributed by atoms with E-state index in [1.54, 1.807) is 29.2 Å². The van der Waals surface area contributed by atoms with Gasteiger partial charge in [0.05, 0.1) is 5.92 Å². The van der Waals surface area contributed by atoms with Crippen molar-refractivity contribution in [2.45, 2.75) is 26.2 Å². The Balaban J connectivity index is 1.98. The molecule has 1 aromatic rings. The normalized spacial score (nSPS) is 18.4. The quantitative estimate of drug-likeness (QED) is 0.930. The van der Waals surface area contributed by atoms with Crippen molar-refractivity contribution in [2.75, 3.05) is 19.6 Å². The molecule has 1 unspecified atom stereocenters. The molecule has 2 rings (SSSR count). The van der Waals surface area contributed by atoms with E-state index in [4.69, 9.17) is 11.6 Å². The minimum absolute atomic E-state index is 0.0281. The highest BCUT2D eigenvalue weighted by Crippen LogP contribution is 2.19. The van der Waals surface area contributed by atoms with Crippen LogP contribution in [0.2, 0.25) is 5.02 Å². The molecular formula is C16H21ClN2O2. The minimum Gasteiger partial charge on any atom is -0.356 e. The van der Waals surface area contributed by atoms with Crippen LogP contribution in [-0.2, 0) is 4.79 Å². The third-order valence-corrected chi connectivity index (χ3v) is 3.97. The van der Waals surface area contributed by atoms with E-state index in [0.717, 1.165) is 19.3 Å². The van der Waals surface area contributed by atoms with E-state index in [1.165, 1.54) is 0 Å². The zero-order valence-corrected chi connectivity index (χ0v) is 13.0. The second-order valence-corrected chi connectivity index (χ2v) is 5.82. The Bertz CT molecular complexity index is 502. The summed E-state index contributed by atoms with van der Waals surface area (Å²) in [6, 6.07) is 6.88. The van der Waals surface area contributed by atoms with Crippen molar-refractivity contribution in [1.82, 2.24) is 10.2 Å². The van der Waals surface area contributed by atoms with Crippen LogP contribution in [0.5, 0.6) is 0 Å². The van der Waals surface area contributed by atoms with E-state index in [0.29, 0.717) is 30.2 Å². The largest absolute Gasteiger partial charge is 0.356 e. The Morgan fingerprint density at radius 1 is 1.33 bits per heavy atom. The van der Waals surface area contributed by atoms with Gasteiger partial charge in [0.1, 0.15) is 0 Å². The maximum absolute atomic E-state index is 12.4. The van der Waals surface area contributed by atoms with Gasteiger partial charge in [0.25, 0.3) is 5.91 Å². The molecule has 2 amide bonds. The highest BCUT2D eigenvalue weighted by atomic mass is 35.5. The van der Waals surface area contributed by atoms with Crippen molar-refractivity contribution in [3.05, 3.63) is 34.9 Å². The van der Waals surface area contributed by atoms with Crippen molar-refractivity contribution in [3.63, 3.8) is 0 Å². The average Bonchev–Trinajstić information content (AvgIpc) is 2.52. The third kappa shape index (κ3) is 4.21. The van der Waals surface area contributed by atoms with Gasteiger partial charge in [-0.05, 0) is 43.5 Å². The first kappa shape index (κ1) is 15.8. The molecule has 5 heteroatoms. The van der Waals surface area contributed by atoms with Crippen molar-refractivity contribution in [1.29, 1.82) is 0 Å². The number of carbonyl (C=O) groups excluding carboxylic acids is 2. The van der Waals surface area contributed by atoms with Crippen LogP contribution in [0.25, 0.3) is 0 Å². The summed E-state index contributed by atoms with van der Waals surface area (Å²) in [4.78, 5) is 26.3. The molecule has 0 bridgehead atoms. The van der Waals surface area contributed by atoms with Crippen molar-refractivity contribution in [2.24, 2.45) is 5.92 Å². The summed E-state index contributed by atoms with van der Waals surface area (Å²) in [5.74, 6) is -0.0633. The molecule has 0 saturated carbocycles. The zero-order valence-electron chi connectivity index (χ0n) is 12.3. The summed E-state index contributed by atoms with van der Waals surface area (Å²) in [5.41, 5.74) is 0.619. The van der Waals surface area contributed by atoms with Crippen molar-refractivity contribution < 1.29 is 9.59 Å². The lowest BCUT2D eigenvalue weighted by molar-refractivity contribution is -0.126. The molecule has 1 fully saturated rings. The number of nitrogens with one attached hydrogen (secondary N) is 1. The van der Waals surface area contributed by atoms with Gasteiger partial charge in [-0.2, -0.15) is 0 Å². The fourth-order valence-corrected chi connectivity index (χ4v) is 2.67. The number of amides is 2. The Morgan fingerprint density at radius 3 is 2.71 bits per heavy atom. The van der Waals surface area contributed by atoms with E-state index in [1.807, 2.05) is 6.92 Å². The minimum atomic E-state index is -0.0958. The fourth-order valence-electron chi connectivity index (χ4n) is 2.54. The molecule has 0 radical (unpaired) electrons. The van der Waals surface area contributed by atoms with Gasteiger partial charge in [0.2, 0.25) is 5.91 Å². The summed E-state index contributed by atoms with van der Waals surface area (Å²) in [6.07, 6.45) is 2.63. The number of halogens is 1. The lowest BCUT2D eigenvalue weighted by Crippen LogP contribution is -2.45. The number of rotatable bonds is 4. The Hall–Kier alpha value is -1.55. The van der Waals surface area contributed by atoms with E-state index in [9.17, 15) is 9.59 Å². The van der Waals surface area contributed by atoms with Gasteiger partial charge in [-0.1, -0.05) is 18.5 Å². The molecule has 1 heterocycles. The Kier molecular flexibility index (Phi) is 5.62. The third-order valence-electron chi connectivity index (χ3n) is 3.72. The number of hydrogen-bond donors (Lipinski definition) is 1. The van der Waals surface area contributed by atoms with Crippen molar-refractivity contribution in [3.8, 4) is 0 Å². The Labute approximate surface area is 130 Å². The monoisotopic (exact) mass is 308 g/mol. The maximum atomic E-state index is 12.4. The van der Waals surface area contributed by atoms with Gasteiger partial charge in [0, 0.05) is 30.2 Å². The Morgan fingerprint density at radius 2 is 2.05 bits per heavy atom. The predicted molar refractivity (Wildman–Crippen MR) is 83.4 cm³/mol. The van der Waals surface area contributed by atoms with Gasteiger partial charge in [-0.15, -0.1) is 0 Å². The lowest BCUT2D eigenvalue weighted by atomic mass is 9.96. The molecular weight excluding hydrogens is 288 g/mol. The molecule has 1 aromatic carbocycles. The van der Waals surface area contributed by atoms with Gasteiger partial charge in [-0.25, -0.2) is 0 Å². The van der Waals surface area contributed by atoms with Crippen LogP contribution in [0.3, 0.4) is 0 Å². The molecule has 1 aliphatic rings. The number of likely N-dealkylation sites (tertiary alicyclic amines) is 1. The van der Waals surface area contributed by atoms with E-state index >= 15 is 0 Å². The number of benzene rings is 1. The maximum Gasteiger partial charge on any atom is 0.253 e. The van der Waals surface area contributed by atoms with Crippen LogP contribution >= 0.6 is 11.6 Å². The van der Waals surface area contributed by atoms with Gasteiger partial charge in [0.15, 0.2) is 0 Å². The first-order valence-electron chi connectivity index (χ1n) is 7.44. The van der Waals surface area contributed by atoms with Crippen LogP contribution in [0, 0.1) is 5.92 Å². The molecule has 0 aromatic heterocycles. The smallest absolute Gasteiger partial charge is 0.253 e. The van der Waals surface area contributed by atoms with Crippen molar-refractivity contribution >= 4 is 23.4 Å². The van der Waals surface area contributed by atoms with Crippen LogP contribution < -0.4 is 5.32 Å². The van der Waals surface area contributed by atoms with E-state index in [2.05, 4.69) is 5.32 Å². The fraction of sp³-hybridized carbons (Fsp3) is 0.500. The highest BCUT2D eigenvalue weighted by molar-refractivity contribution is 6.30. The van der Waals surface area contributed by atoms with Gasteiger partial charge in [-0.3, -0.25) is 9.59 Å². The molecule has 0 aliphatic carbocycles. The molecule has 114 valence electrons. The van der Waals surface area contributed by atoms with Crippen LogP contribution in [-0.4, -0.2) is 36.3 Å². The second-order valence-electron chi connectivity index (χ2n) is 5.39. The number of nitrogens with zero attached hydrogens (tertiary/aromatic N) is 1. The number of hydrogen-bond acceptors (Lipinski definition) is 2. The standard InChI is InChI=1S/C16H21ClN2O2/c1-2-9-18-15(20)13-4-3-10-19(11-13)16(21)12-5-7-14(17)8-6-12/h5-8,13H,2-4,9-11H2,1H3,(H,18,20). The molecule has 4 nitrogen and oxygen atoms in total. The SMILES string of the molecule is CCCNC(=O)C1CCCN(C(=O)c2ccc(Cl)cc2)C1. The van der Waals surface area contributed by atoms with Gasteiger partial charge >= 0.3 is 0 Å². The average molecular weight is 309 g/mol. The molecule has 21 heavy (non-hydrogen) atoms. The topological polar surface area (TPSA) is 49.4 Å². The predicted octanol–water partition coefficient (Wildman–Crippen LogP) is 2.72. The van der Waals surface area contributed by atoms with Crippen LogP contribution in [0.1, 0.15) is 36.5 Å². The summed E-state index contributed by atoms with van der Waals surface area (Å²) < 4.78 is 0. The summed E-state index contributed by atoms with van der Waals surface area (Å²) in [7, 11) is 0. The summed E-state index contributed by atoms with van der Waals surface area (Å²) in [5, 5.41) is 3.53. The molecule has 0 spiro atoms. The molecule has 1 aliphatic heterocycles. The summed E-state index contributed by atoms with van der Waals surface area (Å²) in [6.45, 7) is 3.92. The first-order chi connectivity index (χ1) is 10.1. The summed E-state index contributed by atoms with van der Waals surface area (Å²) >= 11 is 5.84. The highest BCUT2D eigenvalue weighted by Gasteiger charge is 2.28. The van der Waals surface area contributed by atoms with E-state index < -0.39 is 0 Å². The van der Waals surface area contributed by atoms with E-state index in [-0.39, 0.29) is 17.7 Å². The number of piperidine rings is 1. The molecule has 1 atom stereocenters. The first-order valence-corrected chi connectivity index (χ1v) is 7.82. The molecule has 1 N–H and O–H groups in total. The second kappa shape index (κ2) is 7.46. The number of carbonyl (C=O) groups is 2.